The van der Waals surface area contributed by atoms with Crippen LogP contribution in [0.2, 0.25) is 5.22 Å². The topological polar surface area (TPSA) is 51.5 Å². The number of hydrogen-bond acceptors (Lipinski definition) is 4. The highest BCUT2D eigenvalue weighted by Crippen LogP contribution is 2.36. The summed E-state index contributed by atoms with van der Waals surface area (Å²) >= 11 is 4.80. The summed E-state index contributed by atoms with van der Waals surface area (Å²) < 4.78 is 21.5. The van der Waals surface area contributed by atoms with Crippen LogP contribution >= 0.6 is 11.6 Å². The molecule has 1 aliphatic heterocycles. The van der Waals surface area contributed by atoms with Crippen LogP contribution in [0.5, 0.6) is 0 Å². The Hall–Kier alpha value is -1.14. The molecule has 0 bridgehead atoms. The summed E-state index contributed by atoms with van der Waals surface area (Å²) in [4.78, 5) is 2.44. The molecule has 27 heavy (non-hydrogen) atoms. The maximum absolute atomic E-state index is 12.9. The first-order valence-corrected chi connectivity index (χ1v) is 11.1. The van der Waals surface area contributed by atoms with Crippen molar-refractivity contribution >= 4 is 28.7 Å². The minimum Gasteiger partial charge on any atom is -0.598 e. The number of rotatable bonds is 5. The molecule has 1 fully saturated rings. The summed E-state index contributed by atoms with van der Waals surface area (Å²) in [6, 6.07) is 9.71. The van der Waals surface area contributed by atoms with E-state index in [0.29, 0.717) is 11.0 Å². The highest BCUT2D eigenvalue weighted by Gasteiger charge is 2.33. The monoisotopic (exact) mass is 408 g/mol. The third-order valence-electron chi connectivity index (χ3n) is 4.85. The van der Waals surface area contributed by atoms with E-state index in [-0.39, 0.29) is 10.8 Å². The second-order valence-corrected chi connectivity index (χ2v) is 10.6. The third-order valence-corrected chi connectivity index (χ3v) is 6.62. The maximum atomic E-state index is 12.9. The molecule has 1 N–H and O–H groups in total. The molecular formula is C21H29ClN2O2S. The SMILES string of the molecule is Cc1ccc(C(N[S+]([O-])C(C)(C)C)c2ccc(Cl)o2)c(N2CCCCC2)c1. The van der Waals surface area contributed by atoms with Crippen molar-refractivity contribution in [3.63, 3.8) is 0 Å². The van der Waals surface area contributed by atoms with E-state index in [9.17, 15) is 4.55 Å². The van der Waals surface area contributed by atoms with Gasteiger partial charge in [0.25, 0.3) is 0 Å². The fourth-order valence-electron chi connectivity index (χ4n) is 3.35. The van der Waals surface area contributed by atoms with Crippen LogP contribution in [0, 0.1) is 6.92 Å². The van der Waals surface area contributed by atoms with Crippen molar-refractivity contribution in [2.75, 3.05) is 18.0 Å². The summed E-state index contributed by atoms with van der Waals surface area (Å²) in [6.45, 7) is 10.1. The largest absolute Gasteiger partial charge is 0.598 e. The summed E-state index contributed by atoms with van der Waals surface area (Å²) in [6.07, 6.45) is 3.68. The summed E-state index contributed by atoms with van der Waals surface area (Å²) in [5, 5.41) is 0.338. The number of nitrogens with one attached hydrogen (secondary N) is 1. The molecule has 0 radical (unpaired) electrons. The van der Waals surface area contributed by atoms with E-state index in [1.54, 1.807) is 6.07 Å². The van der Waals surface area contributed by atoms with Gasteiger partial charge in [-0.3, -0.25) is 0 Å². The molecule has 6 heteroatoms. The van der Waals surface area contributed by atoms with Crippen LogP contribution in [0.3, 0.4) is 0 Å². The first-order valence-electron chi connectivity index (χ1n) is 9.54. The number of benzene rings is 1. The molecule has 1 aromatic carbocycles. The molecule has 0 amide bonds. The molecule has 2 atom stereocenters. The van der Waals surface area contributed by atoms with Crippen molar-refractivity contribution in [1.82, 2.24) is 4.72 Å². The Morgan fingerprint density at radius 3 is 2.44 bits per heavy atom. The minimum absolute atomic E-state index is 0.324. The molecule has 0 saturated carbocycles. The van der Waals surface area contributed by atoms with Crippen LogP contribution in [-0.4, -0.2) is 22.4 Å². The first kappa shape index (κ1) is 20.6. The lowest BCUT2D eigenvalue weighted by molar-refractivity contribution is 0.465. The van der Waals surface area contributed by atoms with Gasteiger partial charge in [0.05, 0.1) is 0 Å². The van der Waals surface area contributed by atoms with Gasteiger partial charge in [0.2, 0.25) is 0 Å². The number of anilines is 1. The zero-order valence-electron chi connectivity index (χ0n) is 16.5. The van der Waals surface area contributed by atoms with Gasteiger partial charge in [0.15, 0.2) is 5.22 Å². The molecule has 1 aliphatic rings. The minimum atomic E-state index is -1.25. The van der Waals surface area contributed by atoms with Crippen molar-refractivity contribution < 1.29 is 8.97 Å². The van der Waals surface area contributed by atoms with Crippen molar-refractivity contribution in [3.8, 4) is 0 Å². The Balaban J connectivity index is 2.03. The van der Waals surface area contributed by atoms with Gasteiger partial charge in [-0.2, -0.15) is 0 Å². The number of halogens is 1. The molecule has 148 valence electrons. The fraction of sp³-hybridized carbons (Fsp3) is 0.524. The van der Waals surface area contributed by atoms with Crippen LogP contribution in [0.15, 0.2) is 34.7 Å². The number of nitrogens with zero attached hydrogens (tertiary/aromatic N) is 1. The molecule has 1 aromatic heterocycles. The van der Waals surface area contributed by atoms with Gasteiger partial charge in [-0.1, -0.05) is 12.1 Å². The lowest BCUT2D eigenvalue weighted by Crippen LogP contribution is -2.42. The zero-order chi connectivity index (χ0) is 19.6. The Morgan fingerprint density at radius 1 is 1.15 bits per heavy atom. The van der Waals surface area contributed by atoms with E-state index in [0.717, 1.165) is 18.7 Å². The molecule has 3 rings (SSSR count). The predicted molar refractivity (Wildman–Crippen MR) is 114 cm³/mol. The van der Waals surface area contributed by atoms with Gasteiger partial charge in [-0.15, -0.1) is 4.72 Å². The van der Waals surface area contributed by atoms with Gasteiger partial charge in [0, 0.05) is 35.7 Å². The van der Waals surface area contributed by atoms with Gasteiger partial charge in [-0.05, 0) is 82.3 Å². The number of furan rings is 1. The number of aryl methyl sites for hydroxylation is 1. The predicted octanol–water partition coefficient (Wildman–Crippen LogP) is 5.37. The van der Waals surface area contributed by atoms with Crippen LogP contribution in [0.1, 0.15) is 63.0 Å². The summed E-state index contributed by atoms with van der Waals surface area (Å²) in [7, 11) is 0. The van der Waals surface area contributed by atoms with E-state index >= 15 is 0 Å². The van der Waals surface area contributed by atoms with Crippen LogP contribution < -0.4 is 9.62 Å². The van der Waals surface area contributed by atoms with Crippen molar-refractivity contribution in [1.29, 1.82) is 0 Å². The lowest BCUT2D eigenvalue weighted by Gasteiger charge is -2.33. The first-order chi connectivity index (χ1) is 12.8. The molecule has 2 aromatic rings. The number of piperidine rings is 1. The van der Waals surface area contributed by atoms with Gasteiger partial charge < -0.3 is 13.9 Å². The Kier molecular flexibility index (Phi) is 6.46. The number of hydrogen-bond donors (Lipinski definition) is 1. The highest BCUT2D eigenvalue weighted by atomic mass is 35.5. The second kappa shape index (κ2) is 8.48. The Morgan fingerprint density at radius 2 is 1.85 bits per heavy atom. The Labute approximate surface area is 170 Å². The van der Waals surface area contributed by atoms with Gasteiger partial charge in [-0.25, -0.2) is 0 Å². The van der Waals surface area contributed by atoms with E-state index in [1.165, 1.54) is 30.5 Å². The van der Waals surface area contributed by atoms with Crippen LogP contribution in [0.25, 0.3) is 0 Å². The van der Waals surface area contributed by atoms with E-state index in [1.807, 2.05) is 26.8 Å². The standard InChI is InChI=1S/C21H29ClN2O2S/c1-15-8-9-16(17(14-15)24-12-6-5-7-13-24)20(18-10-11-19(22)26-18)23-27(25)21(2,3)4/h8-11,14,20,23H,5-7,12-13H2,1-4H3. The summed E-state index contributed by atoms with van der Waals surface area (Å²) in [5.41, 5.74) is 3.48. The normalized spacial score (nSPS) is 17.8. The molecule has 4 nitrogen and oxygen atoms in total. The zero-order valence-corrected chi connectivity index (χ0v) is 18.1. The van der Waals surface area contributed by atoms with Gasteiger partial charge in [0.1, 0.15) is 16.5 Å². The molecule has 1 saturated heterocycles. The Bertz CT molecular complexity index is 766. The lowest BCUT2D eigenvalue weighted by atomic mass is 9.99. The van der Waals surface area contributed by atoms with E-state index in [4.69, 9.17) is 16.0 Å². The van der Waals surface area contributed by atoms with Gasteiger partial charge >= 0.3 is 0 Å². The van der Waals surface area contributed by atoms with E-state index in [2.05, 4.69) is 34.7 Å². The van der Waals surface area contributed by atoms with Crippen molar-refractivity contribution in [3.05, 3.63) is 52.4 Å². The highest BCUT2D eigenvalue weighted by molar-refractivity contribution is 7.90. The molecule has 0 aliphatic carbocycles. The van der Waals surface area contributed by atoms with Crippen molar-refractivity contribution in [2.45, 2.75) is 57.7 Å². The average molecular weight is 409 g/mol. The molecule has 2 unspecified atom stereocenters. The van der Waals surface area contributed by atoms with E-state index < -0.39 is 11.4 Å². The molecule has 0 spiro atoms. The third kappa shape index (κ3) is 5.02. The maximum Gasteiger partial charge on any atom is 0.193 e. The summed E-state index contributed by atoms with van der Waals surface area (Å²) in [5.74, 6) is 0.680. The molecule has 2 heterocycles. The second-order valence-electron chi connectivity index (χ2n) is 8.18. The molecular weight excluding hydrogens is 380 g/mol. The van der Waals surface area contributed by atoms with Crippen LogP contribution in [0.4, 0.5) is 5.69 Å². The van der Waals surface area contributed by atoms with Crippen molar-refractivity contribution in [2.24, 2.45) is 0 Å². The average Bonchev–Trinajstić information content (AvgIpc) is 3.06. The van der Waals surface area contributed by atoms with Crippen LogP contribution in [-0.2, 0) is 11.4 Å². The fourth-order valence-corrected chi connectivity index (χ4v) is 4.31. The smallest absolute Gasteiger partial charge is 0.193 e. The quantitative estimate of drug-likeness (QED) is 0.675.